The van der Waals surface area contributed by atoms with Gasteiger partial charge in [-0.15, -0.1) is 0 Å². The first-order valence-electron chi connectivity index (χ1n) is 10.0. The third-order valence-electron chi connectivity index (χ3n) is 6.25. The summed E-state index contributed by atoms with van der Waals surface area (Å²) in [6, 6.07) is 0. The number of hydrogen-bond acceptors (Lipinski definition) is 2. The predicted molar refractivity (Wildman–Crippen MR) is 94.8 cm³/mol. The van der Waals surface area contributed by atoms with Crippen molar-refractivity contribution in [3.63, 3.8) is 0 Å². The van der Waals surface area contributed by atoms with Crippen LogP contribution in [-0.4, -0.2) is 33.4 Å². The van der Waals surface area contributed by atoms with E-state index in [9.17, 15) is 4.79 Å². The molecule has 4 rings (SSSR count). The second-order valence-corrected chi connectivity index (χ2v) is 8.27. The van der Waals surface area contributed by atoms with Gasteiger partial charge in [0, 0.05) is 43.4 Å². The molecule has 0 radical (unpaired) electrons. The van der Waals surface area contributed by atoms with Crippen LogP contribution in [0.2, 0.25) is 0 Å². The van der Waals surface area contributed by atoms with Crippen molar-refractivity contribution in [1.82, 2.24) is 14.5 Å². The average Bonchev–Trinajstić information content (AvgIpc) is 3.40. The van der Waals surface area contributed by atoms with E-state index in [1.807, 2.05) is 6.20 Å². The number of imidazole rings is 1. The van der Waals surface area contributed by atoms with Crippen LogP contribution in [0, 0.1) is 18.8 Å². The summed E-state index contributed by atoms with van der Waals surface area (Å²) < 4.78 is 2.44. The lowest BCUT2D eigenvalue weighted by Crippen LogP contribution is -2.44. The zero-order valence-corrected chi connectivity index (χ0v) is 15.0. The minimum absolute atomic E-state index is 0.314. The molecule has 1 amide bonds. The van der Waals surface area contributed by atoms with E-state index in [1.54, 1.807) is 0 Å². The Morgan fingerprint density at radius 1 is 1.12 bits per heavy atom. The average molecular weight is 329 g/mol. The number of piperidine rings is 1. The Morgan fingerprint density at radius 3 is 2.67 bits per heavy atom. The van der Waals surface area contributed by atoms with Crippen molar-refractivity contribution in [3.05, 3.63) is 17.7 Å². The summed E-state index contributed by atoms with van der Waals surface area (Å²) in [5.74, 6) is 3.35. The molecule has 2 heterocycles. The Morgan fingerprint density at radius 2 is 1.92 bits per heavy atom. The van der Waals surface area contributed by atoms with Crippen LogP contribution in [0.4, 0.5) is 0 Å². The molecule has 132 valence electrons. The zero-order valence-electron chi connectivity index (χ0n) is 15.0. The fourth-order valence-electron chi connectivity index (χ4n) is 4.66. The van der Waals surface area contributed by atoms with Crippen LogP contribution < -0.4 is 0 Å². The zero-order chi connectivity index (χ0) is 16.5. The molecule has 3 aliphatic rings. The summed E-state index contributed by atoms with van der Waals surface area (Å²) in [5.41, 5.74) is 1.28. The van der Waals surface area contributed by atoms with Crippen LogP contribution in [0.15, 0.2) is 6.20 Å². The van der Waals surface area contributed by atoms with Gasteiger partial charge in [0.05, 0.1) is 0 Å². The monoisotopic (exact) mass is 329 g/mol. The molecule has 0 bridgehead atoms. The lowest BCUT2D eigenvalue weighted by Gasteiger charge is -2.36. The SMILES string of the molecule is Cc1cnc(C2CC2)n1CC1CCCN(C(=O)C2CCCCC2)C1. The van der Waals surface area contributed by atoms with E-state index in [0.29, 0.717) is 23.7 Å². The molecule has 0 N–H and O–H groups in total. The van der Waals surface area contributed by atoms with Crippen molar-refractivity contribution in [2.45, 2.75) is 77.2 Å². The van der Waals surface area contributed by atoms with Gasteiger partial charge in [0.25, 0.3) is 0 Å². The molecule has 0 spiro atoms. The van der Waals surface area contributed by atoms with Gasteiger partial charge in [-0.3, -0.25) is 4.79 Å². The van der Waals surface area contributed by atoms with Crippen molar-refractivity contribution in [3.8, 4) is 0 Å². The fourth-order valence-corrected chi connectivity index (χ4v) is 4.66. The molecule has 24 heavy (non-hydrogen) atoms. The van der Waals surface area contributed by atoms with E-state index in [1.165, 1.54) is 50.0 Å². The standard InChI is InChI=1S/C20H31N3O/c1-15-12-21-19(17-9-10-17)23(15)14-16-6-5-11-22(13-16)20(24)18-7-3-2-4-8-18/h12,16-18H,2-11,13-14H2,1H3. The molecule has 1 aromatic rings. The van der Waals surface area contributed by atoms with Crippen LogP contribution >= 0.6 is 0 Å². The third-order valence-corrected chi connectivity index (χ3v) is 6.25. The second kappa shape index (κ2) is 6.89. The molecule has 1 atom stereocenters. The minimum atomic E-state index is 0.314. The number of carbonyl (C=O) groups is 1. The maximum absolute atomic E-state index is 12.9. The van der Waals surface area contributed by atoms with E-state index < -0.39 is 0 Å². The number of likely N-dealkylation sites (tertiary alicyclic amines) is 1. The van der Waals surface area contributed by atoms with Crippen molar-refractivity contribution < 1.29 is 4.79 Å². The van der Waals surface area contributed by atoms with Gasteiger partial charge < -0.3 is 9.47 Å². The van der Waals surface area contributed by atoms with Crippen molar-refractivity contribution >= 4 is 5.91 Å². The number of nitrogens with zero attached hydrogens (tertiary/aromatic N) is 3. The highest BCUT2D eigenvalue weighted by Crippen LogP contribution is 2.40. The van der Waals surface area contributed by atoms with Gasteiger partial charge in [-0.25, -0.2) is 4.98 Å². The van der Waals surface area contributed by atoms with E-state index in [4.69, 9.17) is 0 Å². The third kappa shape index (κ3) is 3.38. The van der Waals surface area contributed by atoms with Gasteiger partial charge in [-0.2, -0.15) is 0 Å². The number of aryl methyl sites for hydroxylation is 1. The highest BCUT2D eigenvalue weighted by Gasteiger charge is 2.32. The van der Waals surface area contributed by atoms with Crippen LogP contribution in [0.1, 0.15) is 75.2 Å². The van der Waals surface area contributed by atoms with Crippen molar-refractivity contribution in [2.24, 2.45) is 11.8 Å². The van der Waals surface area contributed by atoms with Crippen LogP contribution in [0.5, 0.6) is 0 Å². The smallest absolute Gasteiger partial charge is 0.225 e. The van der Waals surface area contributed by atoms with Gasteiger partial charge in [0.15, 0.2) is 0 Å². The van der Waals surface area contributed by atoms with Gasteiger partial charge >= 0.3 is 0 Å². The lowest BCUT2D eigenvalue weighted by atomic mass is 9.87. The van der Waals surface area contributed by atoms with Crippen LogP contribution in [0.25, 0.3) is 0 Å². The molecule has 4 nitrogen and oxygen atoms in total. The Kier molecular flexibility index (Phi) is 4.64. The largest absolute Gasteiger partial charge is 0.342 e. The van der Waals surface area contributed by atoms with Crippen molar-refractivity contribution in [2.75, 3.05) is 13.1 Å². The van der Waals surface area contributed by atoms with E-state index in [-0.39, 0.29) is 0 Å². The molecule has 1 saturated heterocycles. The van der Waals surface area contributed by atoms with Gasteiger partial charge in [-0.05, 0) is 51.4 Å². The molecular formula is C20H31N3O. The Labute approximate surface area is 145 Å². The second-order valence-electron chi connectivity index (χ2n) is 8.27. The first kappa shape index (κ1) is 16.2. The normalized spacial score (nSPS) is 25.9. The molecule has 0 aromatic carbocycles. The number of amides is 1. The van der Waals surface area contributed by atoms with Gasteiger partial charge in [0.1, 0.15) is 5.82 Å². The maximum Gasteiger partial charge on any atom is 0.225 e. The van der Waals surface area contributed by atoms with E-state index in [2.05, 4.69) is 21.4 Å². The first-order chi connectivity index (χ1) is 11.7. The van der Waals surface area contributed by atoms with E-state index >= 15 is 0 Å². The Bertz CT molecular complexity index is 584. The number of hydrogen-bond donors (Lipinski definition) is 0. The molecule has 1 unspecified atom stereocenters. The lowest BCUT2D eigenvalue weighted by molar-refractivity contribution is -0.138. The Balaban J connectivity index is 1.40. The molecule has 1 aromatic heterocycles. The van der Waals surface area contributed by atoms with Gasteiger partial charge in [0.2, 0.25) is 5.91 Å². The molecule has 2 saturated carbocycles. The fraction of sp³-hybridized carbons (Fsp3) is 0.800. The van der Waals surface area contributed by atoms with Crippen LogP contribution in [-0.2, 0) is 11.3 Å². The quantitative estimate of drug-likeness (QED) is 0.840. The van der Waals surface area contributed by atoms with E-state index in [0.717, 1.165) is 38.9 Å². The molecule has 3 fully saturated rings. The highest BCUT2D eigenvalue weighted by atomic mass is 16.2. The van der Waals surface area contributed by atoms with Crippen LogP contribution in [0.3, 0.4) is 0 Å². The summed E-state index contributed by atoms with van der Waals surface area (Å²) >= 11 is 0. The summed E-state index contributed by atoms with van der Waals surface area (Å²) in [6.45, 7) is 5.15. The molecule has 2 aliphatic carbocycles. The minimum Gasteiger partial charge on any atom is -0.342 e. The van der Waals surface area contributed by atoms with Gasteiger partial charge in [-0.1, -0.05) is 19.3 Å². The molecular weight excluding hydrogens is 298 g/mol. The highest BCUT2D eigenvalue weighted by molar-refractivity contribution is 5.79. The number of rotatable bonds is 4. The molecule has 4 heteroatoms. The number of carbonyl (C=O) groups excluding carboxylic acids is 1. The Hall–Kier alpha value is -1.32. The summed E-state index contributed by atoms with van der Waals surface area (Å²) in [7, 11) is 0. The summed E-state index contributed by atoms with van der Waals surface area (Å²) in [4.78, 5) is 19.7. The first-order valence-corrected chi connectivity index (χ1v) is 10.0. The predicted octanol–water partition coefficient (Wildman–Crippen LogP) is 3.89. The maximum atomic E-state index is 12.9. The molecule has 1 aliphatic heterocycles. The number of aromatic nitrogens is 2. The summed E-state index contributed by atoms with van der Waals surface area (Å²) in [6.07, 6.45) is 13.1. The summed E-state index contributed by atoms with van der Waals surface area (Å²) in [5, 5.41) is 0. The van der Waals surface area contributed by atoms with Crippen molar-refractivity contribution in [1.29, 1.82) is 0 Å². The topological polar surface area (TPSA) is 38.1 Å².